The van der Waals surface area contributed by atoms with Crippen molar-refractivity contribution in [1.82, 2.24) is 32.0 Å². The number of carbonyl (C=O) groups excluding carboxylic acids is 6. The molecule has 0 saturated heterocycles. The Morgan fingerprint density at radius 2 is 1.29 bits per heavy atom. The Labute approximate surface area is 198 Å². The predicted octanol–water partition coefficient (Wildman–Crippen LogP) is -2.23. The smallest absolute Gasteiger partial charge is 0.408 e. The number of hydrogen-bond donors (Lipinski definition) is 7. The van der Waals surface area contributed by atoms with E-state index in [0.717, 1.165) is 0 Å². The predicted molar refractivity (Wildman–Crippen MR) is 122 cm³/mol. The minimum atomic E-state index is -0.967. The van der Waals surface area contributed by atoms with Crippen LogP contribution in [0.4, 0.5) is 4.79 Å². The van der Waals surface area contributed by atoms with Crippen LogP contribution in [0, 0.1) is 5.92 Å². The molecule has 2 atom stereocenters. The fraction of sp³-hybridized carbons (Fsp3) is 0.700. The van der Waals surface area contributed by atoms with E-state index >= 15 is 0 Å². The fourth-order valence-corrected chi connectivity index (χ4v) is 2.41. The zero-order chi connectivity index (χ0) is 26.5. The van der Waals surface area contributed by atoms with Crippen molar-refractivity contribution in [3.8, 4) is 0 Å². The lowest BCUT2D eigenvalue weighted by molar-refractivity contribution is -0.130. The van der Waals surface area contributed by atoms with Gasteiger partial charge in [0.15, 0.2) is 0 Å². The van der Waals surface area contributed by atoms with Gasteiger partial charge in [-0.05, 0) is 40.0 Å². The summed E-state index contributed by atoms with van der Waals surface area (Å²) >= 11 is 0. The molecule has 0 fully saturated rings. The molecule has 14 nitrogen and oxygen atoms in total. The van der Waals surface area contributed by atoms with E-state index in [0.29, 0.717) is 6.42 Å². The van der Waals surface area contributed by atoms with Crippen LogP contribution in [0.5, 0.6) is 0 Å². The molecule has 0 radical (unpaired) electrons. The lowest BCUT2D eigenvalue weighted by Gasteiger charge is -2.24. The van der Waals surface area contributed by atoms with Crippen molar-refractivity contribution in [3.05, 3.63) is 0 Å². The van der Waals surface area contributed by atoms with Crippen LogP contribution in [0.15, 0.2) is 0 Å². The number of rotatable bonds is 12. The molecule has 0 saturated carbocycles. The SMILES string of the molecule is CC(C)C[C@H](NC(=O)OC(C)(C)C)C(=O)NCC(=O)NCC(=O)N[C@@H](C)C(=O)NCC(=O)NN. The van der Waals surface area contributed by atoms with Crippen LogP contribution in [-0.2, 0) is 28.7 Å². The lowest BCUT2D eigenvalue weighted by Crippen LogP contribution is -2.52. The van der Waals surface area contributed by atoms with Crippen LogP contribution in [0.3, 0.4) is 0 Å². The summed E-state index contributed by atoms with van der Waals surface area (Å²) in [5.41, 5.74) is 1.11. The normalized spacial score (nSPS) is 12.6. The highest BCUT2D eigenvalue weighted by atomic mass is 16.6. The molecule has 0 spiro atoms. The van der Waals surface area contributed by atoms with Crippen molar-refractivity contribution in [2.45, 2.75) is 65.6 Å². The number of hydrogen-bond acceptors (Lipinski definition) is 8. The van der Waals surface area contributed by atoms with E-state index in [1.807, 2.05) is 19.3 Å². The molecular formula is C20H37N7O7. The van der Waals surface area contributed by atoms with E-state index < -0.39 is 66.4 Å². The number of carbonyl (C=O) groups is 6. The molecule has 0 aromatic rings. The lowest BCUT2D eigenvalue weighted by atomic mass is 10.0. The maximum atomic E-state index is 12.5. The van der Waals surface area contributed by atoms with Gasteiger partial charge in [0.1, 0.15) is 17.7 Å². The van der Waals surface area contributed by atoms with E-state index in [1.54, 1.807) is 20.8 Å². The first-order valence-electron chi connectivity index (χ1n) is 10.7. The summed E-state index contributed by atoms with van der Waals surface area (Å²) in [4.78, 5) is 71.1. The monoisotopic (exact) mass is 487 g/mol. The van der Waals surface area contributed by atoms with E-state index in [9.17, 15) is 28.8 Å². The average Bonchev–Trinajstić information content (AvgIpc) is 2.71. The summed E-state index contributed by atoms with van der Waals surface area (Å²) in [6.45, 7) is 8.98. The zero-order valence-corrected chi connectivity index (χ0v) is 20.5. The topological polar surface area (TPSA) is 210 Å². The number of hydrazine groups is 1. The van der Waals surface area contributed by atoms with Crippen molar-refractivity contribution in [2.24, 2.45) is 11.8 Å². The second-order valence-corrected chi connectivity index (χ2v) is 8.90. The van der Waals surface area contributed by atoms with Crippen LogP contribution < -0.4 is 37.9 Å². The van der Waals surface area contributed by atoms with Gasteiger partial charge < -0.3 is 31.3 Å². The summed E-state index contributed by atoms with van der Waals surface area (Å²) in [6.07, 6.45) is -0.432. The number of ether oxygens (including phenoxy) is 1. The summed E-state index contributed by atoms with van der Waals surface area (Å²) in [7, 11) is 0. The molecule has 14 heteroatoms. The summed E-state index contributed by atoms with van der Waals surface area (Å²) < 4.78 is 5.16. The number of nitrogens with one attached hydrogen (secondary N) is 6. The minimum Gasteiger partial charge on any atom is -0.444 e. The summed E-state index contributed by atoms with van der Waals surface area (Å²) in [5, 5.41) is 11.8. The first-order chi connectivity index (χ1) is 15.6. The second-order valence-electron chi connectivity index (χ2n) is 8.90. The molecule has 34 heavy (non-hydrogen) atoms. The number of amides is 6. The number of nitrogens with two attached hydrogens (primary N) is 1. The largest absolute Gasteiger partial charge is 0.444 e. The van der Waals surface area contributed by atoms with Gasteiger partial charge >= 0.3 is 6.09 Å². The third kappa shape index (κ3) is 14.6. The van der Waals surface area contributed by atoms with Gasteiger partial charge in [0, 0.05) is 0 Å². The molecule has 0 aliphatic carbocycles. The molecule has 0 heterocycles. The summed E-state index contributed by atoms with van der Waals surface area (Å²) in [6, 6.07) is -1.88. The third-order valence-corrected chi connectivity index (χ3v) is 3.94. The van der Waals surface area contributed by atoms with Crippen LogP contribution in [0.1, 0.15) is 48.0 Å². The van der Waals surface area contributed by atoms with Crippen LogP contribution in [0.25, 0.3) is 0 Å². The van der Waals surface area contributed by atoms with E-state index in [1.165, 1.54) is 6.92 Å². The van der Waals surface area contributed by atoms with Gasteiger partial charge in [0.2, 0.25) is 23.6 Å². The first-order valence-corrected chi connectivity index (χ1v) is 10.7. The molecule has 0 aliphatic heterocycles. The highest BCUT2D eigenvalue weighted by Crippen LogP contribution is 2.09. The van der Waals surface area contributed by atoms with Gasteiger partial charge in [-0.3, -0.25) is 29.4 Å². The molecule has 0 aliphatic rings. The van der Waals surface area contributed by atoms with Crippen LogP contribution >= 0.6 is 0 Å². The molecule has 6 amide bonds. The van der Waals surface area contributed by atoms with E-state index in [2.05, 4.69) is 26.6 Å². The molecular weight excluding hydrogens is 450 g/mol. The highest BCUT2D eigenvalue weighted by molar-refractivity contribution is 5.93. The van der Waals surface area contributed by atoms with Gasteiger partial charge in [-0.15, -0.1) is 0 Å². The summed E-state index contributed by atoms with van der Waals surface area (Å²) in [5.74, 6) is 1.85. The Hall–Kier alpha value is -3.42. The van der Waals surface area contributed by atoms with Crippen molar-refractivity contribution >= 4 is 35.6 Å². The van der Waals surface area contributed by atoms with Crippen molar-refractivity contribution in [1.29, 1.82) is 0 Å². The standard InChI is InChI=1S/C20H37N7O7/c1-11(2)7-13(26-19(33)34-20(4,5)6)18(32)24-8-14(28)22-9-15(29)25-12(3)17(31)23-10-16(30)27-21/h11-13H,7-10,21H2,1-6H3,(H,22,28)(H,23,31)(H,24,32)(H,25,29)(H,26,33)(H,27,30)/t12-,13-/m0/s1. The Morgan fingerprint density at radius 3 is 1.82 bits per heavy atom. The maximum absolute atomic E-state index is 12.5. The Morgan fingerprint density at radius 1 is 0.765 bits per heavy atom. The highest BCUT2D eigenvalue weighted by Gasteiger charge is 2.25. The zero-order valence-electron chi connectivity index (χ0n) is 20.5. The quantitative estimate of drug-likeness (QED) is 0.0907. The van der Waals surface area contributed by atoms with Crippen molar-refractivity contribution < 1.29 is 33.5 Å². The molecule has 0 rings (SSSR count). The van der Waals surface area contributed by atoms with E-state index in [-0.39, 0.29) is 12.5 Å². The van der Waals surface area contributed by atoms with Crippen LogP contribution in [-0.4, -0.2) is 72.9 Å². The Balaban J connectivity index is 4.52. The third-order valence-electron chi connectivity index (χ3n) is 3.94. The fourth-order valence-electron chi connectivity index (χ4n) is 2.41. The van der Waals surface area contributed by atoms with Gasteiger partial charge in [-0.1, -0.05) is 13.8 Å². The molecule has 0 unspecified atom stereocenters. The molecule has 0 aromatic heterocycles. The van der Waals surface area contributed by atoms with Crippen molar-refractivity contribution in [2.75, 3.05) is 19.6 Å². The number of alkyl carbamates (subject to hydrolysis) is 1. The second kappa shape index (κ2) is 14.7. The van der Waals surface area contributed by atoms with Crippen LogP contribution in [0.2, 0.25) is 0 Å². The average molecular weight is 488 g/mol. The van der Waals surface area contributed by atoms with E-state index in [4.69, 9.17) is 10.6 Å². The maximum Gasteiger partial charge on any atom is 0.408 e. The molecule has 194 valence electrons. The van der Waals surface area contributed by atoms with Gasteiger partial charge in [-0.25, -0.2) is 10.6 Å². The van der Waals surface area contributed by atoms with Gasteiger partial charge in [-0.2, -0.15) is 0 Å². The van der Waals surface area contributed by atoms with Gasteiger partial charge in [0.25, 0.3) is 5.91 Å². The Bertz CT molecular complexity index is 750. The minimum absolute atomic E-state index is 0.0760. The Kier molecular flexibility index (Phi) is 13.2. The molecule has 0 aromatic carbocycles. The van der Waals surface area contributed by atoms with Gasteiger partial charge in [0.05, 0.1) is 19.6 Å². The van der Waals surface area contributed by atoms with Crippen molar-refractivity contribution in [3.63, 3.8) is 0 Å². The first kappa shape index (κ1) is 30.6. The molecule has 8 N–H and O–H groups in total. The molecule has 0 bridgehead atoms.